The third-order valence-electron chi connectivity index (χ3n) is 4.49. The van der Waals surface area contributed by atoms with Gasteiger partial charge in [-0.05, 0) is 36.8 Å². The van der Waals surface area contributed by atoms with Crippen LogP contribution in [0, 0.1) is 27.2 Å². The smallest absolute Gasteiger partial charge is 0.270 e. The molecule has 0 saturated carbocycles. The SMILES string of the molecule is Cc1ccc(NC(=O)c2ccc([N+](=O)[O-])cc2Cl)c(NC(=O)c2ccc([N+](=O)[O-])cc2Cl)c1. The van der Waals surface area contributed by atoms with Crippen molar-refractivity contribution in [1.82, 2.24) is 0 Å². The van der Waals surface area contributed by atoms with Gasteiger partial charge in [-0.3, -0.25) is 29.8 Å². The Morgan fingerprint density at radius 1 is 0.727 bits per heavy atom. The van der Waals surface area contributed by atoms with E-state index in [1.165, 1.54) is 12.1 Å². The number of hydrogen-bond acceptors (Lipinski definition) is 6. The number of aryl methyl sites for hydroxylation is 1. The maximum Gasteiger partial charge on any atom is 0.270 e. The topological polar surface area (TPSA) is 144 Å². The number of halogens is 2. The largest absolute Gasteiger partial charge is 0.320 e. The maximum atomic E-state index is 12.7. The Balaban J connectivity index is 1.87. The first-order valence-electron chi connectivity index (χ1n) is 9.18. The second-order valence-electron chi connectivity index (χ2n) is 6.80. The van der Waals surface area contributed by atoms with Gasteiger partial charge in [0.2, 0.25) is 0 Å². The monoisotopic (exact) mass is 488 g/mol. The number of nitro groups is 2. The quantitative estimate of drug-likeness (QED) is 0.340. The van der Waals surface area contributed by atoms with Crippen LogP contribution in [0.15, 0.2) is 54.6 Å². The molecule has 10 nitrogen and oxygen atoms in total. The predicted octanol–water partition coefficient (Wildman–Crippen LogP) is 5.62. The van der Waals surface area contributed by atoms with E-state index in [1.807, 2.05) is 0 Å². The molecule has 0 aromatic heterocycles. The van der Waals surface area contributed by atoms with Crippen molar-refractivity contribution < 1.29 is 19.4 Å². The van der Waals surface area contributed by atoms with Crippen LogP contribution in [0.5, 0.6) is 0 Å². The van der Waals surface area contributed by atoms with Gasteiger partial charge in [-0.2, -0.15) is 0 Å². The Hall–Kier alpha value is -4.02. The minimum absolute atomic E-state index is 0.000498. The molecule has 0 bridgehead atoms. The van der Waals surface area contributed by atoms with Crippen molar-refractivity contribution in [3.8, 4) is 0 Å². The van der Waals surface area contributed by atoms with Gasteiger partial charge in [-0.15, -0.1) is 0 Å². The van der Waals surface area contributed by atoms with E-state index in [-0.39, 0.29) is 43.9 Å². The minimum Gasteiger partial charge on any atom is -0.320 e. The highest BCUT2D eigenvalue weighted by atomic mass is 35.5. The van der Waals surface area contributed by atoms with Gasteiger partial charge in [0, 0.05) is 24.3 Å². The molecular weight excluding hydrogens is 475 g/mol. The molecule has 0 atom stereocenters. The van der Waals surface area contributed by atoms with Gasteiger partial charge >= 0.3 is 0 Å². The molecule has 0 saturated heterocycles. The molecule has 0 aliphatic carbocycles. The summed E-state index contributed by atoms with van der Waals surface area (Å²) in [6.45, 7) is 1.77. The Morgan fingerprint density at radius 2 is 1.18 bits per heavy atom. The highest BCUT2D eigenvalue weighted by Gasteiger charge is 2.19. The zero-order chi connectivity index (χ0) is 24.3. The molecule has 3 aromatic rings. The number of carbonyl (C=O) groups excluding carboxylic acids is 2. The van der Waals surface area contributed by atoms with Crippen LogP contribution in [-0.2, 0) is 0 Å². The first-order valence-corrected chi connectivity index (χ1v) is 9.93. The summed E-state index contributed by atoms with van der Waals surface area (Å²) >= 11 is 12.0. The van der Waals surface area contributed by atoms with Crippen molar-refractivity contribution in [1.29, 1.82) is 0 Å². The number of nitrogens with one attached hydrogen (secondary N) is 2. The second-order valence-corrected chi connectivity index (χ2v) is 7.61. The summed E-state index contributed by atoms with van der Waals surface area (Å²) in [4.78, 5) is 45.9. The van der Waals surface area contributed by atoms with Gasteiger partial charge in [0.05, 0.1) is 42.4 Å². The number of anilines is 2. The lowest BCUT2D eigenvalue weighted by Crippen LogP contribution is -2.17. The fourth-order valence-electron chi connectivity index (χ4n) is 2.85. The van der Waals surface area contributed by atoms with E-state index in [0.717, 1.165) is 29.8 Å². The van der Waals surface area contributed by atoms with Crippen LogP contribution in [0.25, 0.3) is 0 Å². The van der Waals surface area contributed by atoms with Gasteiger partial charge in [0.15, 0.2) is 0 Å². The van der Waals surface area contributed by atoms with E-state index in [0.29, 0.717) is 0 Å². The molecule has 0 heterocycles. The number of rotatable bonds is 6. The highest BCUT2D eigenvalue weighted by molar-refractivity contribution is 6.35. The van der Waals surface area contributed by atoms with Gasteiger partial charge < -0.3 is 10.6 Å². The Kier molecular flexibility index (Phi) is 6.90. The number of hydrogen-bond donors (Lipinski definition) is 2. The third kappa shape index (κ3) is 5.43. The lowest BCUT2D eigenvalue weighted by atomic mass is 10.1. The molecule has 2 N–H and O–H groups in total. The van der Waals surface area contributed by atoms with Crippen LogP contribution in [-0.4, -0.2) is 21.7 Å². The first-order chi connectivity index (χ1) is 15.6. The van der Waals surface area contributed by atoms with Crippen molar-refractivity contribution >= 4 is 57.8 Å². The Morgan fingerprint density at radius 3 is 1.61 bits per heavy atom. The summed E-state index contributed by atoms with van der Waals surface area (Å²) in [5, 5.41) is 26.7. The molecule has 0 aliphatic heterocycles. The molecule has 0 fully saturated rings. The standard InChI is InChI=1S/C21H14Cl2N4O6/c1-11-2-7-18(24-20(28)14-5-3-12(26(30)31)9-16(14)22)19(8-11)25-21(29)15-6-4-13(27(32)33)10-17(15)23/h2-10H,1H3,(H,24,28)(H,25,29). The third-order valence-corrected chi connectivity index (χ3v) is 5.11. The number of nitro benzene ring substituents is 2. The number of nitrogens with zero attached hydrogens (tertiary/aromatic N) is 2. The highest BCUT2D eigenvalue weighted by Crippen LogP contribution is 2.29. The van der Waals surface area contributed by atoms with E-state index >= 15 is 0 Å². The molecule has 33 heavy (non-hydrogen) atoms. The summed E-state index contributed by atoms with van der Waals surface area (Å²) in [7, 11) is 0. The minimum atomic E-state index is -0.650. The maximum absolute atomic E-state index is 12.7. The van der Waals surface area contributed by atoms with Crippen molar-refractivity contribution in [2.45, 2.75) is 6.92 Å². The van der Waals surface area contributed by atoms with Crippen molar-refractivity contribution in [3.63, 3.8) is 0 Å². The van der Waals surface area contributed by atoms with Crippen molar-refractivity contribution in [3.05, 3.63) is 102 Å². The number of carbonyl (C=O) groups is 2. The van der Waals surface area contributed by atoms with E-state index in [4.69, 9.17) is 23.2 Å². The van der Waals surface area contributed by atoms with Crippen LogP contribution < -0.4 is 10.6 Å². The normalized spacial score (nSPS) is 10.4. The zero-order valence-corrected chi connectivity index (χ0v) is 18.3. The lowest BCUT2D eigenvalue weighted by molar-refractivity contribution is -0.385. The zero-order valence-electron chi connectivity index (χ0n) is 16.8. The second kappa shape index (κ2) is 9.63. The van der Waals surface area contributed by atoms with E-state index in [2.05, 4.69) is 10.6 Å². The van der Waals surface area contributed by atoms with Crippen LogP contribution in [0.4, 0.5) is 22.7 Å². The summed E-state index contributed by atoms with van der Waals surface area (Å²) in [6, 6.07) is 11.7. The van der Waals surface area contributed by atoms with Crippen LogP contribution >= 0.6 is 23.2 Å². The Labute approximate surface area is 196 Å². The van der Waals surface area contributed by atoms with Gasteiger partial charge in [0.25, 0.3) is 23.2 Å². The molecule has 3 aromatic carbocycles. The number of non-ortho nitro benzene ring substituents is 2. The fourth-order valence-corrected chi connectivity index (χ4v) is 3.37. The van der Waals surface area contributed by atoms with Gasteiger partial charge in [0.1, 0.15) is 0 Å². The number of benzene rings is 3. The average molecular weight is 489 g/mol. The molecule has 0 spiro atoms. The molecule has 0 unspecified atom stereocenters. The van der Waals surface area contributed by atoms with E-state index in [1.54, 1.807) is 25.1 Å². The molecule has 0 aliphatic rings. The summed E-state index contributed by atoms with van der Waals surface area (Å²) in [5.41, 5.74) is 0.705. The molecule has 3 rings (SSSR count). The molecule has 12 heteroatoms. The van der Waals surface area contributed by atoms with Crippen LogP contribution in [0.1, 0.15) is 26.3 Å². The fraction of sp³-hybridized carbons (Fsp3) is 0.0476. The first kappa shape index (κ1) is 23.6. The average Bonchev–Trinajstić information content (AvgIpc) is 2.75. The van der Waals surface area contributed by atoms with Crippen LogP contribution in [0.3, 0.4) is 0 Å². The summed E-state index contributed by atoms with van der Waals surface area (Å²) < 4.78 is 0. The summed E-state index contributed by atoms with van der Waals surface area (Å²) in [6.07, 6.45) is 0. The van der Waals surface area contributed by atoms with Gasteiger partial charge in [-0.1, -0.05) is 29.3 Å². The van der Waals surface area contributed by atoms with Crippen molar-refractivity contribution in [2.24, 2.45) is 0 Å². The molecule has 168 valence electrons. The van der Waals surface area contributed by atoms with Crippen LogP contribution in [0.2, 0.25) is 10.0 Å². The molecule has 0 radical (unpaired) electrons. The predicted molar refractivity (Wildman–Crippen MR) is 123 cm³/mol. The number of amides is 2. The molecule has 2 amide bonds. The Bertz CT molecular complexity index is 1310. The van der Waals surface area contributed by atoms with Crippen molar-refractivity contribution in [2.75, 3.05) is 10.6 Å². The summed E-state index contributed by atoms with van der Waals surface area (Å²) in [5.74, 6) is -1.30. The van der Waals surface area contributed by atoms with E-state index in [9.17, 15) is 29.8 Å². The molecular formula is C21H14Cl2N4O6. The van der Waals surface area contributed by atoms with E-state index < -0.39 is 21.7 Å². The van der Waals surface area contributed by atoms with Gasteiger partial charge in [-0.25, -0.2) is 0 Å². The lowest BCUT2D eigenvalue weighted by Gasteiger charge is -2.14.